The summed E-state index contributed by atoms with van der Waals surface area (Å²) in [5, 5.41) is 0. The van der Waals surface area contributed by atoms with Crippen molar-refractivity contribution in [2.45, 2.75) is 20.0 Å². The molecule has 0 radical (unpaired) electrons. The lowest BCUT2D eigenvalue weighted by Crippen LogP contribution is -2.39. The van der Waals surface area contributed by atoms with Gasteiger partial charge in [-0.1, -0.05) is 35.9 Å². The molecule has 1 unspecified atom stereocenters. The van der Waals surface area contributed by atoms with Crippen molar-refractivity contribution in [3.8, 4) is 5.75 Å². The first-order chi connectivity index (χ1) is 9.65. The standard InChI is InChI=1S/C16H18N2O2/c1-12-8-10-15(11-9-12)20-13(2)16(19)18-17-14-6-4-3-5-7-14/h3-11,13,17H,1-2H3,(H,18,19). The van der Waals surface area contributed by atoms with Crippen LogP contribution in [0, 0.1) is 6.92 Å². The minimum absolute atomic E-state index is 0.227. The van der Waals surface area contributed by atoms with E-state index >= 15 is 0 Å². The molecule has 1 amide bonds. The maximum atomic E-state index is 11.9. The highest BCUT2D eigenvalue weighted by Crippen LogP contribution is 2.13. The molecule has 0 spiro atoms. The lowest BCUT2D eigenvalue weighted by Gasteiger charge is -2.15. The Kier molecular flexibility index (Phi) is 4.60. The number of aryl methyl sites for hydroxylation is 1. The van der Waals surface area contributed by atoms with Gasteiger partial charge in [0.25, 0.3) is 5.91 Å². The summed E-state index contributed by atoms with van der Waals surface area (Å²) in [5.74, 6) is 0.451. The number of hydrogen-bond acceptors (Lipinski definition) is 3. The monoisotopic (exact) mass is 270 g/mol. The fraction of sp³-hybridized carbons (Fsp3) is 0.188. The van der Waals surface area contributed by atoms with Crippen LogP contribution in [-0.2, 0) is 4.79 Å². The molecule has 0 heterocycles. The van der Waals surface area contributed by atoms with Crippen LogP contribution in [0.15, 0.2) is 54.6 Å². The first-order valence-corrected chi connectivity index (χ1v) is 6.49. The van der Waals surface area contributed by atoms with Gasteiger partial charge in [-0.3, -0.25) is 15.6 Å². The molecule has 20 heavy (non-hydrogen) atoms. The highest BCUT2D eigenvalue weighted by atomic mass is 16.5. The molecule has 0 saturated carbocycles. The number of hydrazine groups is 1. The molecule has 2 aromatic rings. The molecular weight excluding hydrogens is 252 g/mol. The van der Waals surface area contributed by atoms with E-state index in [0.717, 1.165) is 11.3 Å². The Morgan fingerprint density at radius 3 is 2.35 bits per heavy atom. The van der Waals surface area contributed by atoms with Crippen molar-refractivity contribution < 1.29 is 9.53 Å². The smallest absolute Gasteiger partial charge is 0.279 e. The third-order valence-corrected chi connectivity index (χ3v) is 2.81. The summed E-state index contributed by atoms with van der Waals surface area (Å²) < 4.78 is 5.57. The summed E-state index contributed by atoms with van der Waals surface area (Å²) in [6.45, 7) is 3.71. The highest BCUT2D eigenvalue weighted by molar-refractivity contribution is 5.81. The predicted octanol–water partition coefficient (Wildman–Crippen LogP) is 2.91. The average Bonchev–Trinajstić information content (AvgIpc) is 2.48. The Hall–Kier alpha value is -2.49. The Bertz CT molecular complexity index is 552. The predicted molar refractivity (Wildman–Crippen MR) is 79.5 cm³/mol. The number of nitrogens with one attached hydrogen (secondary N) is 2. The van der Waals surface area contributed by atoms with Crippen molar-refractivity contribution >= 4 is 11.6 Å². The molecule has 0 aliphatic heterocycles. The number of amides is 1. The summed E-state index contributed by atoms with van der Waals surface area (Å²) in [5.41, 5.74) is 7.43. The van der Waals surface area contributed by atoms with Gasteiger partial charge in [-0.05, 0) is 38.1 Å². The van der Waals surface area contributed by atoms with Crippen molar-refractivity contribution in [1.29, 1.82) is 0 Å². The zero-order valence-electron chi connectivity index (χ0n) is 11.6. The zero-order valence-corrected chi connectivity index (χ0v) is 11.6. The molecule has 0 bridgehead atoms. The number of anilines is 1. The fourth-order valence-corrected chi connectivity index (χ4v) is 1.63. The summed E-state index contributed by atoms with van der Waals surface area (Å²) in [4.78, 5) is 11.9. The quantitative estimate of drug-likeness (QED) is 0.821. The first kappa shape index (κ1) is 13.9. The van der Waals surface area contributed by atoms with Gasteiger partial charge in [0.1, 0.15) is 5.75 Å². The second-order valence-corrected chi connectivity index (χ2v) is 4.55. The lowest BCUT2D eigenvalue weighted by atomic mass is 10.2. The molecular formula is C16H18N2O2. The van der Waals surface area contributed by atoms with Gasteiger partial charge in [0.2, 0.25) is 0 Å². The first-order valence-electron chi connectivity index (χ1n) is 6.49. The number of benzene rings is 2. The number of carbonyl (C=O) groups excluding carboxylic acids is 1. The van der Waals surface area contributed by atoms with Gasteiger partial charge < -0.3 is 4.74 Å². The van der Waals surface area contributed by atoms with E-state index in [-0.39, 0.29) is 5.91 Å². The van der Waals surface area contributed by atoms with Crippen LogP contribution >= 0.6 is 0 Å². The molecule has 4 heteroatoms. The number of carbonyl (C=O) groups is 1. The van der Waals surface area contributed by atoms with E-state index in [0.29, 0.717) is 5.75 Å². The second kappa shape index (κ2) is 6.61. The van der Waals surface area contributed by atoms with Crippen molar-refractivity contribution in [3.63, 3.8) is 0 Å². The van der Waals surface area contributed by atoms with Crippen LogP contribution in [0.4, 0.5) is 5.69 Å². The van der Waals surface area contributed by atoms with Gasteiger partial charge in [-0.2, -0.15) is 0 Å². The van der Waals surface area contributed by atoms with Crippen LogP contribution in [0.5, 0.6) is 5.75 Å². The molecule has 0 saturated heterocycles. The van der Waals surface area contributed by atoms with Gasteiger partial charge in [0.05, 0.1) is 5.69 Å². The molecule has 2 N–H and O–H groups in total. The van der Waals surface area contributed by atoms with Gasteiger partial charge in [0, 0.05) is 0 Å². The van der Waals surface area contributed by atoms with E-state index in [4.69, 9.17) is 4.74 Å². The number of ether oxygens (including phenoxy) is 1. The molecule has 0 fully saturated rings. The Labute approximate surface area is 118 Å². The van der Waals surface area contributed by atoms with Crippen LogP contribution in [0.3, 0.4) is 0 Å². The summed E-state index contributed by atoms with van der Waals surface area (Å²) >= 11 is 0. The molecule has 2 aromatic carbocycles. The van der Waals surface area contributed by atoms with Gasteiger partial charge in [-0.15, -0.1) is 0 Å². The van der Waals surface area contributed by atoms with E-state index in [9.17, 15) is 4.79 Å². The number of rotatable bonds is 5. The Morgan fingerprint density at radius 2 is 1.70 bits per heavy atom. The van der Waals surface area contributed by atoms with E-state index in [1.807, 2.05) is 61.5 Å². The minimum atomic E-state index is -0.575. The van der Waals surface area contributed by atoms with E-state index in [2.05, 4.69) is 10.9 Å². The zero-order chi connectivity index (χ0) is 14.4. The highest BCUT2D eigenvalue weighted by Gasteiger charge is 2.14. The summed E-state index contributed by atoms with van der Waals surface area (Å²) in [6.07, 6.45) is -0.575. The lowest BCUT2D eigenvalue weighted by molar-refractivity contribution is -0.126. The molecule has 104 valence electrons. The molecule has 2 rings (SSSR count). The molecule has 0 aromatic heterocycles. The van der Waals surface area contributed by atoms with Crippen molar-refractivity contribution in [2.75, 3.05) is 5.43 Å². The van der Waals surface area contributed by atoms with Crippen molar-refractivity contribution in [3.05, 3.63) is 60.2 Å². The van der Waals surface area contributed by atoms with Crippen LogP contribution in [-0.4, -0.2) is 12.0 Å². The third kappa shape index (κ3) is 4.02. The summed E-state index contributed by atoms with van der Waals surface area (Å²) in [7, 11) is 0. The van der Waals surface area contributed by atoms with Crippen LogP contribution in [0.25, 0.3) is 0 Å². The van der Waals surface area contributed by atoms with Gasteiger partial charge in [0.15, 0.2) is 6.10 Å². The maximum absolute atomic E-state index is 11.9. The molecule has 0 aliphatic rings. The average molecular weight is 270 g/mol. The minimum Gasteiger partial charge on any atom is -0.481 e. The molecule has 1 atom stereocenters. The second-order valence-electron chi connectivity index (χ2n) is 4.55. The maximum Gasteiger partial charge on any atom is 0.279 e. The van der Waals surface area contributed by atoms with E-state index in [1.54, 1.807) is 6.92 Å². The van der Waals surface area contributed by atoms with Crippen molar-refractivity contribution in [2.24, 2.45) is 0 Å². The number of hydrogen-bond donors (Lipinski definition) is 2. The molecule has 0 aliphatic carbocycles. The van der Waals surface area contributed by atoms with E-state index in [1.165, 1.54) is 0 Å². The third-order valence-electron chi connectivity index (χ3n) is 2.81. The van der Waals surface area contributed by atoms with Crippen molar-refractivity contribution in [1.82, 2.24) is 5.43 Å². The Morgan fingerprint density at radius 1 is 1.05 bits per heavy atom. The summed E-state index contributed by atoms with van der Waals surface area (Å²) in [6, 6.07) is 17.0. The van der Waals surface area contributed by atoms with Gasteiger partial charge >= 0.3 is 0 Å². The fourth-order valence-electron chi connectivity index (χ4n) is 1.63. The molecule has 4 nitrogen and oxygen atoms in total. The number of para-hydroxylation sites is 1. The Balaban J connectivity index is 1.84. The SMILES string of the molecule is Cc1ccc(OC(C)C(=O)NNc2ccccc2)cc1. The largest absolute Gasteiger partial charge is 0.481 e. The van der Waals surface area contributed by atoms with Gasteiger partial charge in [-0.25, -0.2) is 0 Å². The van der Waals surface area contributed by atoms with Crippen LogP contribution < -0.4 is 15.6 Å². The normalized spacial score (nSPS) is 11.5. The van der Waals surface area contributed by atoms with E-state index < -0.39 is 6.10 Å². The topological polar surface area (TPSA) is 50.4 Å². The van der Waals surface area contributed by atoms with Crippen LogP contribution in [0.2, 0.25) is 0 Å². The van der Waals surface area contributed by atoms with Crippen LogP contribution in [0.1, 0.15) is 12.5 Å².